The maximum atomic E-state index is 13.2. The maximum absolute atomic E-state index is 13.2. The van der Waals surface area contributed by atoms with Crippen molar-refractivity contribution in [1.82, 2.24) is 19.0 Å². The van der Waals surface area contributed by atoms with Gasteiger partial charge in [0.15, 0.2) is 5.65 Å². The molecule has 2 fully saturated rings. The summed E-state index contributed by atoms with van der Waals surface area (Å²) >= 11 is 1.56. The largest absolute Gasteiger partial charge is 0.496 e. The van der Waals surface area contributed by atoms with E-state index in [-0.39, 0.29) is 11.8 Å². The lowest BCUT2D eigenvalue weighted by molar-refractivity contribution is -0.137. The molecule has 1 saturated heterocycles. The molecule has 188 valence electrons. The number of rotatable bonds is 5. The number of piperidine rings is 1. The number of anilines is 2. The van der Waals surface area contributed by atoms with Gasteiger partial charge in [0, 0.05) is 36.5 Å². The minimum Gasteiger partial charge on any atom is -0.496 e. The number of fused-ring (bicyclic) bond motifs is 3. The SMILES string of the molecule is COc1cc(C(F)(F)F)ccc1-c1cccn2nc(NC3C4CCC3CN(c3cc(C)ns3)C4)nc12. The van der Waals surface area contributed by atoms with E-state index < -0.39 is 11.7 Å². The Labute approximate surface area is 210 Å². The van der Waals surface area contributed by atoms with E-state index in [2.05, 4.69) is 25.8 Å². The number of aromatic nitrogens is 4. The zero-order valence-corrected chi connectivity index (χ0v) is 20.6. The minimum atomic E-state index is -4.45. The predicted molar refractivity (Wildman–Crippen MR) is 133 cm³/mol. The van der Waals surface area contributed by atoms with Crippen molar-refractivity contribution in [2.24, 2.45) is 11.8 Å². The van der Waals surface area contributed by atoms with Crippen molar-refractivity contribution in [3.63, 3.8) is 0 Å². The summed E-state index contributed by atoms with van der Waals surface area (Å²) in [6.07, 6.45) is -0.357. The third-order valence-corrected chi connectivity index (χ3v) is 8.18. The molecule has 4 heterocycles. The van der Waals surface area contributed by atoms with Gasteiger partial charge in [-0.05, 0) is 79.5 Å². The number of alkyl halides is 3. The van der Waals surface area contributed by atoms with Crippen molar-refractivity contribution in [1.29, 1.82) is 0 Å². The number of pyridine rings is 1. The summed E-state index contributed by atoms with van der Waals surface area (Å²) in [6, 6.07) is 9.55. The Hall–Kier alpha value is -3.34. The van der Waals surface area contributed by atoms with Gasteiger partial charge in [-0.3, -0.25) is 0 Å². The third kappa shape index (κ3) is 4.04. The quantitative estimate of drug-likeness (QED) is 0.379. The normalized spacial score (nSPS) is 21.8. The first-order chi connectivity index (χ1) is 17.3. The lowest BCUT2D eigenvalue weighted by atomic mass is 9.92. The Morgan fingerprint density at radius 3 is 2.53 bits per heavy atom. The Morgan fingerprint density at radius 2 is 1.86 bits per heavy atom. The molecular formula is C25H25F3N6OS. The van der Waals surface area contributed by atoms with Gasteiger partial charge in [-0.2, -0.15) is 22.5 Å². The fraction of sp³-hybridized carbons (Fsp3) is 0.400. The molecule has 1 aliphatic heterocycles. The van der Waals surface area contributed by atoms with Crippen molar-refractivity contribution >= 4 is 28.1 Å². The number of methoxy groups -OCH3 is 1. The summed E-state index contributed by atoms with van der Waals surface area (Å²) in [5, 5.41) is 9.44. The van der Waals surface area contributed by atoms with Crippen molar-refractivity contribution < 1.29 is 17.9 Å². The van der Waals surface area contributed by atoms with Crippen molar-refractivity contribution in [3.8, 4) is 16.9 Å². The molecule has 7 nitrogen and oxygen atoms in total. The van der Waals surface area contributed by atoms with Crippen LogP contribution in [0.1, 0.15) is 24.1 Å². The van der Waals surface area contributed by atoms with E-state index in [1.807, 2.05) is 13.0 Å². The molecule has 4 aromatic rings. The molecule has 2 atom stereocenters. The van der Waals surface area contributed by atoms with Gasteiger partial charge >= 0.3 is 6.18 Å². The number of hydrogen-bond donors (Lipinski definition) is 1. The van der Waals surface area contributed by atoms with Crippen molar-refractivity contribution in [2.45, 2.75) is 32.0 Å². The number of halogens is 3. The molecule has 1 aromatic carbocycles. The molecular weight excluding hydrogens is 489 g/mol. The van der Waals surface area contributed by atoms with E-state index in [9.17, 15) is 13.2 Å². The first kappa shape index (κ1) is 23.1. The number of nitrogens with one attached hydrogen (secondary N) is 1. The highest BCUT2D eigenvalue weighted by atomic mass is 32.1. The van der Waals surface area contributed by atoms with Crippen LogP contribution in [0.15, 0.2) is 42.6 Å². The second kappa shape index (κ2) is 8.65. The average Bonchev–Trinajstić information content (AvgIpc) is 3.53. The number of ether oxygens (including phenoxy) is 1. The Morgan fingerprint density at radius 1 is 1.08 bits per heavy atom. The summed E-state index contributed by atoms with van der Waals surface area (Å²) in [5.41, 5.74) is 2.04. The number of hydrogen-bond acceptors (Lipinski definition) is 7. The monoisotopic (exact) mass is 514 g/mol. The topological polar surface area (TPSA) is 67.6 Å². The zero-order chi connectivity index (χ0) is 25.0. The van der Waals surface area contributed by atoms with Gasteiger partial charge in [0.2, 0.25) is 5.95 Å². The molecule has 0 spiro atoms. The standard InChI is InChI=1S/C25H25F3N6OS/c1-14-10-21(36-32-14)33-12-15-5-6-16(13-33)22(15)29-24-30-23-19(4-3-9-34(23)31-24)18-8-7-17(25(26,27)28)11-20(18)35-2/h3-4,7-11,15-16,22H,5-6,12-13H2,1-2H3,(H,29,31). The minimum absolute atomic E-state index is 0.138. The van der Waals surface area contributed by atoms with E-state index in [1.54, 1.807) is 28.3 Å². The zero-order valence-electron chi connectivity index (χ0n) is 19.8. The van der Waals surface area contributed by atoms with Crippen LogP contribution in [0.2, 0.25) is 0 Å². The van der Waals surface area contributed by atoms with Crippen LogP contribution in [-0.2, 0) is 6.18 Å². The molecule has 1 aliphatic carbocycles. The molecule has 11 heteroatoms. The highest BCUT2D eigenvalue weighted by Crippen LogP contribution is 2.42. The van der Waals surface area contributed by atoms with Gasteiger partial charge in [-0.1, -0.05) is 0 Å². The van der Waals surface area contributed by atoms with Gasteiger partial charge in [-0.25, -0.2) is 4.52 Å². The van der Waals surface area contributed by atoms with E-state index >= 15 is 0 Å². The molecule has 3 aromatic heterocycles. The van der Waals surface area contributed by atoms with Crippen molar-refractivity contribution in [2.75, 3.05) is 30.4 Å². The van der Waals surface area contributed by atoms with Crippen LogP contribution in [0, 0.1) is 18.8 Å². The highest BCUT2D eigenvalue weighted by molar-refractivity contribution is 7.10. The smallest absolute Gasteiger partial charge is 0.416 e. The van der Waals surface area contributed by atoms with Gasteiger partial charge in [0.05, 0.1) is 18.4 Å². The summed E-state index contributed by atoms with van der Waals surface area (Å²) in [4.78, 5) is 7.19. The van der Waals surface area contributed by atoms with E-state index in [4.69, 9.17) is 9.72 Å². The Bertz CT molecular complexity index is 1400. The molecule has 1 saturated carbocycles. The van der Waals surface area contributed by atoms with E-state index in [1.165, 1.54) is 18.2 Å². The van der Waals surface area contributed by atoms with Crippen LogP contribution in [0.5, 0.6) is 5.75 Å². The van der Waals surface area contributed by atoms with Crippen LogP contribution >= 0.6 is 11.5 Å². The van der Waals surface area contributed by atoms with E-state index in [0.29, 0.717) is 34.6 Å². The lowest BCUT2D eigenvalue weighted by Crippen LogP contribution is -2.48. The van der Waals surface area contributed by atoms with Gasteiger partial charge in [0.25, 0.3) is 0 Å². The average molecular weight is 515 g/mol. The summed E-state index contributed by atoms with van der Waals surface area (Å²) < 4.78 is 51.0. The lowest BCUT2D eigenvalue weighted by Gasteiger charge is -2.38. The van der Waals surface area contributed by atoms with Crippen molar-refractivity contribution in [3.05, 3.63) is 53.9 Å². The van der Waals surface area contributed by atoms with Gasteiger partial charge in [-0.15, -0.1) is 5.10 Å². The maximum Gasteiger partial charge on any atom is 0.416 e. The van der Waals surface area contributed by atoms with Crippen LogP contribution in [0.25, 0.3) is 16.8 Å². The number of benzene rings is 1. The number of aryl methyl sites for hydroxylation is 1. The van der Waals surface area contributed by atoms with Crippen LogP contribution < -0.4 is 15.0 Å². The highest BCUT2D eigenvalue weighted by Gasteiger charge is 2.43. The second-order valence-electron chi connectivity index (χ2n) is 9.52. The molecule has 2 bridgehead atoms. The summed E-state index contributed by atoms with van der Waals surface area (Å²) in [6.45, 7) is 3.96. The van der Waals surface area contributed by atoms with Gasteiger partial charge in [0.1, 0.15) is 10.8 Å². The molecule has 2 unspecified atom stereocenters. The summed E-state index contributed by atoms with van der Waals surface area (Å²) in [7, 11) is 1.37. The third-order valence-electron chi connectivity index (χ3n) is 7.24. The first-order valence-corrected chi connectivity index (χ1v) is 12.6. The Balaban J connectivity index is 1.27. The van der Waals surface area contributed by atoms with Gasteiger partial charge < -0.3 is 15.0 Å². The predicted octanol–water partition coefficient (Wildman–Crippen LogP) is 5.52. The summed E-state index contributed by atoms with van der Waals surface area (Å²) in [5.74, 6) is 1.62. The van der Waals surface area contributed by atoms with Crippen LogP contribution in [0.4, 0.5) is 24.1 Å². The first-order valence-electron chi connectivity index (χ1n) is 11.9. The van der Waals surface area contributed by atoms with Crippen LogP contribution in [-0.4, -0.2) is 45.2 Å². The molecule has 0 amide bonds. The molecule has 1 N–H and O–H groups in total. The van der Waals surface area contributed by atoms with E-state index in [0.717, 1.165) is 43.8 Å². The second-order valence-corrected chi connectivity index (χ2v) is 10.3. The fourth-order valence-corrected chi connectivity index (χ4v) is 6.33. The molecule has 6 rings (SSSR count). The fourth-order valence-electron chi connectivity index (χ4n) is 5.55. The number of nitrogens with zero attached hydrogens (tertiary/aromatic N) is 5. The Kier molecular flexibility index (Phi) is 5.55. The molecule has 0 radical (unpaired) electrons. The molecule has 2 aliphatic rings. The molecule has 36 heavy (non-hydrogen) atoms. The van der Waals surface area contributed by atoms with Crippen LogP contribution in [0.3, 0.4) is 0 Å².